The normalized spacial score (nSPS) is 10.2. The number of anilines is 1. The van der Waals surface area contributed by atoms with E-state index in [1.165, 1.54) is 13.0 Å². The van der Waals surface area contributed by atoms with E-state index < -0.39 is 4.92 Å². The number of rotatable bonds is 6. The van der Waals surface area contributed by atoms with Crippen LogP contribution < -0.4 is 4.90 Å². The Labute approximate surface area is 117 Å². The number of ketones is 1. The van der Waals surface area contributed by atoms with E-state index in [2.05, 4.69) is 0 Å². The van der Waals surface area contributed by atoms with Gasteiger partial charge in [0.2, 0.25) is 0 Å². The van der Waals surface area contributed by atoms with E-state index in [4.69, 9.17) is 5.26 Å². The van der Waals surface area contributed by atoms with Crippen LogP contribution in [0.3, 0.4) is 0 Å². The summed E-state index contributed by atoms with van der Waals surface area (Å²) in [6.07, 6.45) is 0.282. The number of carbonyl (C=O) groups excluding carboxylic acids is 1. The Morgan fingerprint density at radius 1 is 1.50 bits per heavy atom. The first-order valence-corrected chi connectivity index (χ1v) is 6.31. The number of Topliss-reactive ketones (excluding diaryl/α,β-unsaturated/α-hetero) is 1. The molecule has 0 amide bonds. The zero-order valence-corrected chi connectivity index (χ0v) is 11.8. The lowest BCUT2D eigenvalue weighted by molar-refractivity contribution is -0.384. The van der Waals surface area contributed by atoms with Gasteiger partial charge in [-0.1, -0.05) is 0 Å². The van der Waals surface area contributed by atoms with E-state index in [-0.39, 0.29) is 23.9 Å². The van der Waals surface area contributed by atoms with Crippen molar-refractivity contribution in [1.82, 2.24) is 0 Å². The quantitative estimate of drug-likeness (QED) is 0.452. The largest absolute Gasteiger partial charge is 0.363 e. The van der Waals surface area contributed by atoms with Gasteiger partial charge in [0.25, 0.3) is 5.69 Å². The maximum Gasteiger partial charge on any atom is 0.293 e. The van der Waals surface area contributed by atoms with Crippen LogP contribution in [0, 0.1) is 21.4 Å². The molecule has 0 unspecified atom stereocenters. The monoisotopic (exact) mass is 275 g/mol. The zero-order valence-electron chi connectivity index (χ0n) is 11.8. The summed E-state index contributed by atoms with van der Waals surface area (Å²) in [5, 5.41) is 19.9. The number of nitro groups is 1. The summed E-state index contributed by atoms with van der Waals surface area (Å²) < 4.78 is 0. The highest BCUT2D eigenvalue weighted by atomic mass is 16.6. The first-order chi connectivity index (χ1) is 9.38. The lowest BCUT2D eigenvalue weighted by Crippen LogP contribution is -2.32. The molecule has 0 aliphatic rings. The molecule has 0 heterocycles. The van der Waals surface area contributed by atoms with E-state index in [1.54, 1.807) is 17.0 Å². The number of nitriles is 1. The molecule has 0 fully saturated rings. The molecule has 0 spiro atoms. The first kappa shape index (κ1) is 15.6. The highest BCUT2D eigenvalue weighted by molar-refractivity contribution is 5.95. The third-order valence-electron chi connectivity index (χ3n) is 2.98. The van der Waals surface area contributed by atoms with E-state index in [1.807, 2.05) is 19.9 Å². The molecule has 0 aliphatic carbocycles. The van der Waals surface area contributed by atoms with Crippen molar-refractivity contribution in [2.24, 2.45) is 0 Å². The number of nitrogens with zero attached hydrogens (tertiary/aromatic N) is 3. The van der Waals surface area contributed by atoms with Crippen molar-refractivity contribution >= 4 is 17.2 Å². The minimum atomic E-state index is -0.497. The average molecular weight is 275 g/mol. The summed E-state index contributed by atoms with van der Waals surface area (Å²) in [6, 6.07) is 6.50. The Morgan fingerprint density at radius 2 is 2.15 bits per heavy atom. The first-order valence-electron chi connectivity index (χ1n) is 6.31. The van der Waals surface area contributed by atoms with E-state index >= 15 is 0 Å². The van der Waals surface area contributed by atoms with E-state index in [0.717, 1.165) is 0 Å². The van der Waals surface area contributed by atoms with Crippen molar-refractivity contribution in [2.45, 2.75) is 33.2 Å². The van der Waals surface area contributed by atoms with Crippen LogP contribution in [0.4, 0.5) is 11.4 Å². The number of nitro benzene ring substituents is 1. The van der Waals surface area contributed by atoms with Gasteiger partial charge in [0.05, 0.1) is 17.4 Å². The molecule has 1 aromatic carbocycles. The summed E-state index contributed by atoms with van der Waals surface area (Å²) in [6.45, 7) is 5.59. The van der Waals surface area contributed by atoms with Gasteiger partial charge in [-0.2, -0.15) is 5.26 Å². The molecule has 106 valence electrons. The van der Waals surface area contributed by atoms with Crippen LogP contribution in [0.1, 0.15) is 37.6 Å². The van der Waals surface area contributed by atoms with Crippen molar-refractivity contribution in [3.63, 3.8) is 0 Å². The molecule has 0 radical (unpaired) electrons. The number of hydrogen-bond donors (Lipinski definition) is 0. The molecule has 0 aromatic heterocycles. The Balaban J connectivity index is 3.30. The van der Waals surface area contributed by atoms with Gasteiger partial charge in [0.1, 0.15) is 5.69 Å². The van der Waals surface area contributed by atoms with E-state index in [0.29, 0.717) is 17.8 Å². The van der Waals surface area contributed by atoms with Crippen molar-refractivity contribution in [2.75, 3.05) is 11.4 Å². The molecule has 20 heavy (non-hydrogen) atoms. The molecule has 0 saturated carbocycles. The fourth-order valence-electron chi connectivity index (χ4n) is 1.96. The van der Waals surface area contributed by atoms with Gasteiger partial charge in [-0.05, 0) is 32.9 Å². The molecular weight excluding hydrogens is 258 g/mol. The standard InChI is InChI=1S/C14H17N3O3/c1-10(2)16(8-4-7-15)13-6-5-12(11(3)18)9-14(13)17(19)20/h5-6,9-10H,4,8H2,1-3H3. The van der Waals surface area contributed by atoms with Crippen LogP contribution in [0.15, 0.2) is 18.2 Å². The van der Waals surface area contributed by atoms with Crippen LogP contribution >= 0.6 is 0 Å². The van der Waals surface area contributed by atoms with Gasteiger partial charge < -0.3 is 4.90 Å². The second-order valence-corrected chi connectivity index (χ2v) is 4.71. The fraction of sp³-hybridized carbons (Fsp3) is 0.429. The second kappa shape index (κ2) is 6.66. The lowest BCUT2D eigenvalue weighted by Gasteiger charge is -2.27. The number of carbonyl (C=O) groups is 1. The van der Waals surface area contributed by atoms with Gasteiger partial charge in [0, 0.05) is 24.2 Å². The van der Waals surface area contributed by atoms with Crippen LogP contribution in [0.25, 0.3) is 0 Å². The van der Waals surface area contributed by atoms with E-state index in [9.17, 15) is 14.9 Å². The maximum atomic E-state index is 11.3. The Morgan fingerprint density at radius 3 is 2.60 bits per heavy atom. The van der Waals surface area contributed by atoms with Gasteiger partial charge in [-0.3, -0.25) is 14.9 Å². The molecule has 0 atom stereocenters. The summed E-state index contributed by atoms with van der Waals surface area (Å²) in [5.74, 6) is -0.215. The molecule has 1 aromatic rings. The molecule has 6 nitrogen and oxygen atoms in total. The number of benzene rings is 1. The van der Waals surface area contributed by atoms with Gasteiger partial charge in [-0.15, -0.1) is 0 Å². The second-order valence-electron chi connectivity index (χ2n) is 4.71. The Hall–Kier alpha value is -2.42. The molecule has 0 bridgehead atoms. The molecule has 6 heteroatoms. The minimum absolute atomic E-state index is 0.0187. The third-order valence-corrected chi connectivity index (χ3v) is 2.98. The summed E-state index contributed by atoms with van der Waals surface area (Å²) in [5.41, 5.74) is 0.638. The fourth-order valence-corrected chi connectivity index (χ4v) is 1.96. The van der Waals surface area contributed by atoms with Crippen molar-refractivity contribution in [1.29, 1.82) is 5.26 Å². The molecule has 0 aliphatic heterocycles. The molecule has 0 saturated heterocycles. The zero-order chi connectivity index (χ0) is 15.3. The molecular formula is C14H17N3O3. The smallest absolute Gasteiger partial charge is 0.293 e. The SMILES string of the molecule is CC(=O)c1ccc(N(CCC#N)C(C)C)c([N+](=O)[O-])c1. The summed E-state index contributed by atoms with van der Waals surface area (Å²) in [7, 11) is 0. The topological polar surface area (TPSA) is 87.2 Å². The third kappa shape index (κ3) is 3.54. The predicted octanol–water partition coefficient (Wildman–Crippen LogP) is 2.93. The summed E-state index contributed by atoms with van der Waals surface area (Å²) in [4.78, 5) is 23.8. The van der Waals surface area contributed by atoms with Crippen LogP contribution in [0.5, 0.6) is 0 Å². The summed E-state index contributed by atoms with van der Waals surface area (Å²) >= 11 is 0. The predicted molar refractivity (Wildman–Crippen MR) is 75.8 cm³/mol. The van der Waals surface area contributed by atoms with Crippen LogP contribution in [0.2, 0.25) is 0 Å². The Bertz CT molecular complexity index is 561. The maximum absolute atomic E-state index is 11.3. The van der Waals surface area contributed by atoms with Crippen LogP contribution in [-0.2, 0) is 0 Å². The highest BCUT2D eigenvalue weighted by Gasteiger charge is 2.22. The van der Waals surface area contributed by atoms with Crippen molar-refractivity contribution in [3.8, 4) is 6.07 Å². The average Bonchev–Trinajstić information content (AvgIpc) is 2.38. The van der Waals surface area contributed by atoms with Crippen LogP contribution in [-0.4, -0.2) is 23.3 Å². The lowest BCUT2D eigenvalue weighted by atomic mass is 10.1. The number of hydrogen-bond acceptors (Lipinski definition) is 5. The minimum Gasteiger partial charge on any atom is -0.363 e. The van der Waals surface area contributed by atoms with Gasteiger partial charge >= 0.3 is 0 Å². The highest BCUT2D eigenvalue weighted by Crippen LogP contribution is 2.31. The van der Waals surface area contributed by atoms with Crippen molar-refractivity contribution in [3.05, 3.63) is 33.9 Å². The molecule has 1 rings (SSSR count). The van der Waals surface area contributed by atoms with Crippen molar-refractivity contribution < 1.29 is 9.72 Å². The Kier molecular flexibility index (Phi) is 5.21. The van der Waals surface area contributed by atoms with Gasteiger partial charge in [0.15, 0.2) is 5.78 Å². The molecule has 0 N–H and O–H groups in total. The van der Waals surface area contributed by atoms with Gasteiger partial charge in [-0.25, -0.2) is 0 Å².